The van der Waals surface area contributed by atoms with Crippen LogP contribution in [0.5, 0.6) is 0 Å². The maximum absolute atomic E-state index is 12.9. The van der Waals surface area contributed by atoms with Crippen molar-refractivity contribution in [2.75, 3.05) is 18.6 Å². The number of nitriles is 1. The lowest BCUT2D eigenvalue weighted by molar-refractivity contribution is -0.138. The largest absolute Gasteiger partial charge is 0.417 e. The number of alkyl halides is 3. The summed E-state index contributed by atoms with van der Waals surface area (Å²) in [6.07, 6.45) is -3.66. The molecule has 0 unspecified atom stereocenters. The van der Waals surface area contributed by atoms with Gasteiger partial charge in [-0.15, -0.1) is 11.8 Å². The van der Waals surface area contributed by atoms with Crippen LogP contribution in [0.3, 0.4) is 0 Å². The normalized spacial score (nSPS) is 12.2. The smallest absolute Gasteiger partial charge is 0.245 e. The van der Waals surface area contributed by atoms with Crippen molar-refractivity contribution in [3.63, 3.8) is 0 Å². The molecule has 1 aromatic rings. The number of hydrogen-bond acceptors (Lipinski definition) is 5. The van der Waals surface area contributed by atoms with Gasteiger partial charge in [0.25, 0.3) is 0 Å². The zero-order valence-electron chi connectivity index (χ0n) is 11.2. The predicted molar refractivity (Wildman–Crippen MR) is 72.3 cm³/mol. The third-order valence-corrected chi connectivity index (χ3v) is 3.94. The van der Waals surface area contributed by atoms with Crippen molar-refractivity contribution in [1.29, 1.82) is 5.26 Å². The minimum Gasteiger partial charge on any atom is -0.245 e. The Morgan fingerprint density at radius 3 is 2.57 bits per heavy atom. The second kappa shape index (κ2) is 6.64. The van der Waals surface area contributed by atoms with Gasteiger partial charge in [0.1, 0.15) is 11.1 Å². The lowest BCUT2D eigenvalue weighted by Crippen LogP contribution is -2.24. The number of aryl methyl sites for hydroxylation is 1. The van der Waals surface area contributed by atoms with Gasteiger partial charge in [-0.3, -0.25) is 0 Å². The van der Waals surface area contributed by atoms with E-state index in [1.165, 1.54) is 13.0 Å². The second-order valence-electron chi connectivity index (χ2n) is 4.12. The first-order chi connectivity index (χ1) is 9.54. The van der Waals surface area contributed by atoms with E-state index in [0.29, 0.717) is 0 Å². The number of sulfonamides is 1. The lowest BCUT2D eigenvalue weighted by atomic mass is 10.1. The summed E-state index contributed by atoms with van der Waals surface area (Å²) < 4.78 is 62.5. The van der Waals surface area contributed by atoms with Crippen molar-refractivity contribution in [3.8, 4) is 6.07 Å². The number of aromatic nitrogens is 1. The molecule has 0 saturated carbocycles. The third kappa shape index (κ3) is 5.53. The van der Waals surface area contributed by atoms with Crippen LogP contribution in [-0.2, 0) is 16.2 Å². The number of thioether (sulfide) groups is 1. The van der Waals surface area contributed by atoms with Crippen molar-refractivity contribution in [2.45, 2.75) is 18.1 Å². The average Bonchev–Trinajstić information content (AvgIpc) is 2.31. The van der Waals surface area contributed by atoms with Crippen LogP contribution in [0.4, 0.5) is 13.2 Å². The number of pyridine rings is 1. The molecule has 10 heteroatoms. The summed E-state index contributed by atoms with van der Waals surface area (Å²) >= 11 is 0.896. The second-order valence-corrected chi connectivity index (χ2v) is 7.03. The molecule has 0 fully saturated rings. The summed E-state index contributed by atoms with van der Waals surface area (Å²) in [6.45, 7) is 1.43. The van der Waals surface area contributed by atoms with E-state index in [1.54, 1.807) is 0 Å². The number of nitrogens with one attached hydrogen (secondary N) is 1. The number of nitrogens with zero attached hydrogens (tertiary/aromatic N) is 2. The quantitative estimate of drug-likeness (QED) is 0.655. The van der Waals surface area contributed by atoms with Gasteiger partial charge >= 0.3 is 6.18 Å². The average molecular weight is 339 g/mol. The van der Waals surface area contributed by atoms with Gasteiger partial charge < -0.3 is 0 Å². The minimum absolute atomic E-state index is 0.0331. The molecule has 0 radical (unpaired) electrons. The SMILES string of the molecule is Cc1cc(C(F)(F)F)c(C#N)c(SCCNS(C)(=O)=O)n1. The zero-order valence-corrected chi connectivity index (χ0v) is 12.8. The molecule has 1 N–H and O–H groups in total. The van der Waals surface area contributed by atoms with Crippen LogP contribution in [0.2, 0.25) is 0 Å². The van der Waals surface area contributed by atoms with Gasteiger partial charge in [0.05, 0.1) is 17.4 Å². The van der Waals surface area contributed by atoms with Crippen LogP contribution in [0.1, 0.15) is 16.8 Å². The molecule has 0 bridgehead atoms. The van der Waals surface area contributed by atoms with Crippen LogP contribution in [0.25, 0.3) is 0 Å². The first-order valence-electron chi connectivity index (χ1n) is 5.61. The molecule has 21 heavy (non-hydrogen) atoms. The molecule has 0 spiro atoms. The fourth-order valence-corrected chi connectivity index (χ4v) is 2.96. The van der Waals surface area contributed by atoms with Crippen LogP contribution in [0.15, 0.2) is 11.1 Å². The van der Waals surface area contributed by atoms with E-state index in [4.69, 9.17) is 5.26 Å². The van der Waals surface area contributed by atoms with Gasteiger partial charge in [-0.2, -0.15) is 18.4 Å². The minimum atomic E-state index is -4.64. The topological polar surface area (TPSA) is 82.9 Å². The molecule has 0 aliphatic carbocycles. The molecule has 0 aliphatic rings. The maximum atomic E-state index is 12.9. The summed E-state index contributed by atoms with van der Waals surface area (Å²) in [5, 5.41) is 8.87. The highest BCUT2D eigenvalue weighted by Crippen LogP contribution is 2.35. The Morgan fingerprint density at radius 1 is 1.48 bits per heavy atom. The fraction of sp³-hybridized carbons (Fsp3) is 0.455. The summed E-state index contributed by atoms with van der Waals surface area (Å²) in [5.41, 5.74) is -1.44. The Labute approximate surface area is 124 Å². The molecule has 1 aromatic heterocycles. The molecule has 0 aromatic carbocycles. The van der Waals surface area contributed by atoms with Crippen LogP contribution in [0, 0.1) is 18.3 Å². The highest BCUT2D eigenvalue weighted by Gasteiger charge is 2.35. The molecule has 0 atom stereocenters. The predicted octanol–water partition coefficient (Wildman–Crippen LogP) is 1.92. The first-order valence-corrected chi connectivity index (χ1v) is 8.48. The van der Waals surface area contributed by atoms with Crippen LogP contribution >= 0.6 is 11.8 Å². The first kappa shape index (κ1) is 17.7. The third-order valence-electron chi connectivity index (χ3n) is 2.24. The number of rotatable bonds is 5. The zero-order chi connectivity index (χ0) is 16.3. The van der Waals surface area contributed by atoms with Crippen molar-refractivity contribution in [2.24, 2.45) is 0 Å². The molecule has 0 saturated heterocycles. The van der Waals surface area contributed by atoms with Crippen molar-refractivity contribution in [1.82, 2.24) is 9.71 Å². The van der Waals surface area contributed by atoms with Gasteiger partial charge in [-0.05, 0) is 13.0 Å². The highest BCUT2D eigenvalue weighted by molar-refractivity contribution is 7.99. The maximum Gasteiger partial charge on any atom is 0.417 e. The Bertz CT molecular complexity index is 667. The van der Waals surface area contributed by atoms with Crippen molar-refractivity contribution >= 4 is 21.8 Å². The van der Waals surface area contributed by atoms with E-state index < -0.39 is 27.3 Å². The Kier molecular flexibility index (Phi) is 5.61. The van der Waals surface area contributed by atoms with E-state index in [2.05, 4.69) is 9.71 Å². The van der Waals surface area contributed by atoms with Gasteiger partial charge in [-0.1, -0.05) is 0 Å². The molecule has 1 rings (SSSR count). The Morgan fingerprint density at radius 2 is 2.10 bits per heavy atom. The van der Waals surface area contributed by atoms with Crippen molar-refractivity contribution < 1.29 is 21.6 Å². The van der Waals surface area contributed by atoms with Crippen LogP contribution in [-0.4, -0.2) is 32.0 Å². The summed E-state index contributed by atoms with van der Waals surface area (Å²) in [5.74, 6) is 0.162. The fourth-order valence-electron chi connectivity index (χ4n) is 1.46. The molecular weight excluding hydrogens is 327 g/mol. The van der Waals surface area contributed by atoms with Gasteiger partial charge in [-0.25, -0.2) is 18.1 Å². The van der Waals surface area contributed by atoms with Gasteiger partial charge in [0.15, 0.2) is 0 Å². The molecule has 1 heterocycles. The summed E-state index contributed by atoms with van der Waals surface area (Å²) in [4.78, 5) is 3.92. The van der Waals surface area contributed by atoms with Crippen molar-refractivity contribution in [3.05, 3.63) is 22.9 Å². The van der Waals surface area contributed by atoms with Gasteiger partial charge in [0, 0.05) is 18.0 Å². The number of halogens is 3. The highest BCUT2D eigenvalue weighted by atomic mass is 32.2. The Hall–Kier alpha value is -1.31. The number of hydrogen-bond donors (Lipinski definition) is 1. The van der Waals surface area contributed by atoms with Gasteiger partial charge in [0.2, 0.25) is 10.0 Å². The standard InChI is InChI=1S/C11H12F3N3O2S2/c1-7-5-9(11(12,13)14)8(6-15)10(17-7)20-4-3-16-21(2,18)19/h5,16H,3-4H2,1-2H3. The van der Waals surface area contributed by atoms with E-state index in [9.17, 15) is 21.6 Å². The van der Waals surface area contributed by atoms with Crippen LogP contribution < -0.4 is 4.72 Å². The van der Waals surface area contributed by atoms with E-state index in [-0.39, 0.29) is 23.0 Å². The Balaban J connectivity index is 2.98. The lowest BCUT2D eigenvalue weighted by Gasteiger charge is -2.12. The molecule has 5 nitrogen and oxygen atoms in total. The molecule has 0 aliphatic heterocycles. The monoisotopic (exact) mass is 339 g/mol. The van der Waals surface area contributed by atoms with E-state index in [0.717, 1.165) is 24.1 Å². The summed E-state index contributed by atoms with van der Waals surface area (Å²) in [7, 11) is -3.36. The molecule has 0 amide bonds. The van der Waals surface area contributed by atoms with E-state index >= 15 is 0 Å². The molecule has 116 valence electrons. The van der Waals surface area contributed by atoms with E-state index in [1.807, 2.05) is 0 Å². The molecular formula is C11H12F3N3O2S2. The summed E-state index contributed by atoms with van der Waals surface area (Å²) in [6, 6.07) is 2.33.